The Hall–Kier alpha value is -1.51. The van der Waals surface area contributed by atoms with E-state index in [2.05, 4.69) is 12.6 Å². The Balaban J connectivity index is 3.34. The van der Waals surface area contributed by atoms with Gasteiger partial charge in [0.25, 0.3) is 0 Å². The summed E-state index contributed by atoms with van der Waals surface area (Å²) in [5.74, 6) is -0.601. The molecule has 84 valence electrons. The lowest BCUT2D eigenvalue weighted by Gasteiger charge is -2.09. The van der Waals surface area contributed by atoms with Crippen LogP contribution >= 0.6 is 12.6 Å². The van der Waals surface area contributed by atoms with Gasteiger partial charge < -0.3 is 9.84 Å². The van der Waals surface area contributed by atoms with Crippen LogP contribution in [0.5, 0.6) is 0 Å². The number of carbonyl (C=O) groups is 1. The number of aliphatic hydroxyl groups excluding tert-OH is 1. The molecular formula is C11H11NO3S. The lowest BCUT2D eigenvalue weighted by Crippen LogP contribution is -2.11. The zero-order valence-electron chi connectivity index (χ0n) is 8.73. The molecular weight excluding hydrogens is 226 g/mol. The zero-order chi connectivity index (χ0) is 12.1. The van der Waals surface area contributed by atoms with E-state index in [1.807, 2.05) is 6.07 Å². The van der Waals surface area contributed by atoms with Crippen molar-refractivity contribution in [1.29, 1.82) is 5.26 Å². The van der Waals surface area contributed by atoms with E-state index in [0.717, 1.165) is 0 Å². The minimum Gasteiger partial charge on any atom is -0.462 e. The van der Waals surface area contributed by atoms with Crippen molar-refractivity contribution in [3.8, 4) is 6.07 Å². The fourth-order valence-electron chi connectivity index (χ4n) is 1.34. The van der Waals surface area contributed by atoms with E-state index >= 15 is 0 Å². The Morgan fingerprint density at radius 2 is 2.31 bits per heavy atom. The summed E-state index contributed by atoms with van der Waals surface area (Å²) in [6.45, 7) is 1.56. The summed E-state index contributed by atoms with van der Waals surface area (Å²) in [5.41, 5.74) is 0.627. The highest BCUT2D eigenvalue weighted by Crippen LogP contribution is 2.21. The van der Waals surface area contributed by atoms with E-state index in [0.29, 0.717) is 10.5 Å². The van der Waals surface area contributed by atoms with E-state index in [-0.39, 0.29) is 24.3 Å². The molecule has 0 saturated heterocycles. The molecule has 16 heavy (non-hydrogen) atoms. The summed E-state index contributed by atoms with van der Waals surface area (Å²) in [5, 5.41) is 18.0. The first-order valence-electron chi connectivity index (χ1n) is 4.68. The number of rotatable bonds is 3. The number of aliphatic hydroxyl groups is 1. The van der Waals surface area contributed by atoms with Crippen LogP contribution in [0.15, 0.2) is 17.0 Å². The number of nitrogens with zero attached hydrogens (tertiary/aromatic N) is 1. The first-order chi connectivity index (χ1) is 7.63. The van der Waals surface area contributed by atoms with Crippen LogP contribution < -0.4 is 0 Å². The highest BCUT2D eigenvalue weighted by atomic mass is 32.1. The highest BCUT2D eigenvalue weighted by molar-refractivity contribution is 7.80. The Morgan fingerprint density at radius 1 is 1.62 bits per heavy atom. The smallest absolute Gasteiger partial charge is 0.339 e. The van der Waals surface area contributed by atoms with Gasteiger partial charge in [-0.05, 0) is 24.6 Å². The quantitative estimate of drug-likeness (QED) is 0.617. The molecule has 1 aromatic carbocycles. The summed E-state index contributed by atoms with van der Waals surface area (Å²) in [4.78, 5) is 12.1. The van der Waals surface area contributed by atoms with E-state index in [1.54, 1.807) is 6.92 Å². The molecule has 1 N–H and O–H groups in total. The van der Waals surface area contributed by atoms with Crippen molar-refractivity contribution in [3.05, 3.63) is 28.8 Å². The number of carbonyl (C=O) groups excluding carboxylic acids is 1. The molecule has 0 bridgehead atoms. The summed E-state index contributed by atoms with van der Waals surface area (Å²) in [6, 6.07) is 4.89. The van der Waals surface area contributed by atoms with Crippen molar-refractivity contribution in [2.75, 3.05) is 6.61 Å². The number of benzene rings is 1. The Kier molecular flexibility index (Phi) is 4.35. The average molecular weight is 237 g/mol. The molecule has 0 radical (unpaired) electrons. The van der Waals surface area contributed by atoms with Gasteiger partial charge in [0.2, 0.25) is 0 Å². The summed E-state index contributed by atoms with van der Waals surface area (Å²) in [6.07, 6.45) is 0. The van der Waals surface area contributed by atoms with Crippen LogP contribution in [-0.4, -0.2) is 17.7 Å². The van der Waals surface area contributed by atoms with Crippen molar-refractivity contribution >= 4 is 18.6 Å². The molecule has 5 heteroatoms. The van der Waals surface area contributed by atoms with Crippen LogP contribution in [0.3, 0.4) is 0 Å². The van der Waals surface area contributed by atoms with E-state index < -0.39 is 5.97 Å². The van der Waals surface area contributed by atoms with Crippen LogP contribution in [0, 0.1) is 11.3 Å². The number of hydrogen-bond donors (Lipinski definition) is 2. The largest absolute Gasteiger partial charge is 0.462 e. The zero-order valence-corrected chi connectivity index (χ0v) is 9.62. The fraction of sp³-hybridized carbons (Fsp3) is 0.273. The summed E-state index contributed by atoms with van der Waals surface area (Å²) < 4.78 is 4.83. The lowest BCUT2D eigenvalue weighted by atomic mass is 10.0. The molecule has 4 nitrogen and oxygen atoms in total. The third-order valence-corrected chi connectivity index (χ3v) is 2.23. The lowest BCUT2D eigenvalue weighted by molar-refractivity contribution is 0.0522. The molecule has 0 aromatic heterocycles. The van der Waals surface area contributed by atoms with Gasteiger partial charge in [0.05, 0.1) is 24.3 Å². The standard InChI is InChI=1S/C11H11NO3S/c1-2-15-11(14)10-7(5-12)3-9(16)4-8(10)6-13/h3-4,13,16H,2,6H2,1H3. The fourth-order valence-corrected chi connectivity index (χ4v) is 1.63. The van der Waals surface area contributed by atoms with Gasteiger partial charge in [0, 0.05) is 4.90 Å². The van der Waals surface area contributed by atoms with Gasteiger partial charge in [-0.25, -0.2) is 4.79 Å². The van der Waals surface area contributed by atoms with Gasteiger partial charge in [-0.2, -0.15) is 5.26 Å². The van der Waals surface area contributed by atoms with Crippen molar-refractivity contribution in [2.24, 2.45) is 0 Å². The van der Waals surface area contributed by atoms with Crippen LogP contribution in [0.4, 0.5) is 0 Å². The number of nitriles is 1. The third-order valence-electron chi connectivity index (χ3n) is 1.98. The molecule has 1 rings (SSSR count). The molecule has 0 atom stereocenters. The second-order valence-corrected chi connectivity index (χ2v) is 3.53. The average Bonchev–Trinajstić information content (AvgIpc) is 2.27. The molecule has 0 aliphatic rings. The second kappa shape index (κ2) is 5.54. The van der Waals surface area contributed by atoms with Crippen molar-refractivity contribution in [1.82, 2.24) is 0 Å². The normalized spacial score (nSPS) is 9.62. The Bertz CT molecular complexity index is 451. The van der Waals surface area contributed by atoms with Gasteiger partial charge in [-0.1, -0.05) is 0 Å². The molecule has 1 aromatic rings. The molecule has 0 saturated carbocycles. The maximum atomic E-state index is 11.6. The number of esters is 1. The molecule has 0 amide bonds. The monoisotopic (exact) mass is 237 g/mol. The van der Waals surface area contributed by atoms with E-state index in [1.165, 1.54) is 12.1 Å². The van der Waals surface area contributed by atoms with Crippen LogP contribution in [0.1, 0.15) is 28.4 Å². The summed E-state index contributed by atoms with van der Waals surface area (Å²) in [7, 11) is 0. The van der Waals surface area contributed by atoms with Crippen molar-refractivity contribution in [3.63, 3.8) is 0 Å². The minimum atomic E-state index is -0.601. The molecule has 0 fully saturated rings. The first-order valence-corrected chi connectivity index (χ1v) is 5.12. The van der Waals surface area contributed by atoms with Crippen LogP contribution in [0.2, 0.25) is 0 Å². The van der Waals surface area contributed by atoms with E-state index in [9.17, 15) is 4.79 Å². The van der Waals surface area contributed by atoms with Crippen molar-refractivity contribution in [2.45, 2.75) is 18.4 Å². The highest BCUT2D eigenvalue weighted by Gasteiger charge is 2.18. The topological polar surface area (TPSA) is 70.3 Å². The predicted molar refractivity (Wildman–Crippen MR) is 60.3 cm³/mol. The minimum absolute atomic E-state index is 0.115. The molecule has 0 unspecified atom stereocenters. The predicted octanol–water partition coefficient (Wildman–Crippen LogP) is 1.52. The summed E-state index contributed by atoms with van der Waals surface area (Å²) >= 11 is 4.09. The van der Waals surface area contributed by atoms with Crippen LogP contribution in [-0.2, 0) is 11.3 Å². The number of hydrogen-bond acceptors (Lipinski definition) is 5. The maximum Gasteiger partial charge on any atom is 0.339 e. The molecule has 0 aliphatic heterocycles. The van der Waals surface area contributed by atoms with Gasteiger partial charge in [0.1, 0.15) is 6.07 Å². The van der Waals surface area contributed by atoms with Crippen LogP contribution in [0.25, 0.3) is 0 Å². The number of ether oxygens (including phenoxy) is 1. The SMILES string of the molecule is CCOC(=O)c1c(C#N)cc(S)cc1CO. The molecule has 0 aliphatic carbocycles. The molecule has 0 heterocycles. The van der Waals surface area contributed by atoms with Gasteiger partial charge in [0.15, 0.2) is 0 Å². The number of thiol groups is 1. The second-order valence-electron chi connectivity index (χ2n) is 3.02. The van der Waals surface area contributed by atoms with Gasteiger partial charge in [-0.15, -0.1) is 12.6 Å². The van der Waals surface area contributed by atoms with Crippen molar-refractivity contribution < 1.29 is 14.6 Å². The Morgan fingerprint density at radius 3 is 2.81 bits per heavy atom. The Labute approximate surface area is 98.9 Å². The molecule has 0 spiro atoms. The van der Waals surface area contributed by atoms with Gasteiger partial charge >= 0.3 is 5.97 Å². The van der Waals surface area contributed by atoms with E-state index in [4.69, 9.17) is 15.1 Å². The third kappa shape index (κ3) is 2.54. The van der Waals surface area contributed by atoms with Gasteiger partial charge in [-0.3, -0.25) is 0 Å². The maximum absolute atomic E-state index is 11.6. The first kappa shape index (κ1) is 12.6.